The van der Waals surface area contributed by atoms with E-state index in [0.717, 1.165) is 0 Å². The molecule has 0 spiro atoms. The van der Waals surface area contributed by atoms with Gasteiger partial charge in [-0.3, -0.25) is 0 Å². The third-order valence-electron chi connectivity index (χ3n) is 2.73. The number of hydrogen-bond donors (Lipinski definition) is 0. The number of allylic oxidation sites excluding steroid dienone is 5. The van der Waals surface area contributed by atoms with Crippen molar-refractivity contribution < 1.29 is 0 Å². The van der Waals surface area contributed by atoms with Crippen LogP contribution in [0.3, 0.4) is 0 Å². The zero-order valence-corrected chi connectivity index (χ0v) is 11.9. The Morgan fingerprint density at radius 1 is 1.19 bits per heavy atom. The third-order valence-corrected chi connectivity index (χ3v) is 2.73. The van der Waals surface area contributed by atoms with Crippen molar-refractivity contribution in [3.8, 4) is 0 Å². The summed E-state index contributed by atoms with van der Waals surface area (Å²) in [5.74, 6) is 1.24. The molecule has 0 bridgehead atoms. The van der Waals surface area contributed by atoms with Crippen LogP contribution in [0, 0.1) is 17.3 Å². The lowest BCUT2D eigenvalue weighted by atomic mass is 9.76. The quantitative estimate of drug-likeness (QED) is 0.545. The molecule has 0 saturated carbocycles. The van der Waals surface area contributed by atoms with Crippen molar-refractivity contribution in [1.82, 2.24) is 0 Å². The van der Waals surface area contributed by atoms with E-state index in [0.29, 0.717) is 17.3 Å². The van der Waals surface area contributed by atoms with Crippen molar-refractivity contribution in [3.05, 3.63) is 36.5 Å². The van der Waals surface area contributed by atoms with Crippen molar-refractivity contribution in [2.45, 2.75) is 48.0 Å². The molecule has 0 N–H and O–H groups in total. The van der Waals surface area contributed by atoms with Crippen LogP contribution in [0.5, 0.6) is 0 Å². The molecule has 16 heavy (non-hydrogen) atoms. The zero-order valence-electron chi connectivity index (χ0n) is 11.9. The second kappa shape index (κ2) is 6.73. The van der Waals surface area contributed by atoms with E-state index in [1.165, 1.54) is 12.0 Å². The summed E-state index contributed by atoms with van der Waals surface area (Å²) in [4.78, 5) is 0. The first-order chi connectivity index (χ1) is 7.28. The first-order valence-electron chi connectivity index (χ1n) is 6.26. The SMILES string of the molecule is C=C(/C=C\C=C/C)C(CC(C)(C)C)C(C)C. The van der Waals surface area contributed by atoms with Crippen LogP contribution in [0.15, 0.2) is 36.5 Å². The predicted octanol–water partition coefficient (Wildman–Crippen LogP) is 5.38. The summed E-state index contributed by atoms with van der Waals surface area (Å²) >= 11 is 0. The van der Waals surface area contributed by atoms with E-state index in [1.54, 1.807) is 0 Å². The van der Waals surface area contributed by atoms with Crippen molar-refractivity contribution in [2.75, 3.05) is 0 Å². The molecule has 0 aliphatic rings. The minimum atomic E-state index is 0.367. The summed E-state index contributed by atoms with van der Waals surface area (Å²) in [5.41, 5.74) is 1.62. The van der Waals surface area contributed by atoms with E-state index in [2.05, 4.69) is 59.4 Å². The maximum atomic E-state index is 4.21. The van der Waals surface area contributed by atoms with Crippen molar-refractivity contribution >= 4 is 0 Å². The van der Waals surface area contributed by atoms with E-state index in [9.17, 15) is 0 Å². The first kappa shape index (κ1) is 15.2. The first-order valence-corrected chi connectivity index (χ1v) is 6.26. The van der Waals surface area contributed by atoms with Gasteiger partial charge in [-0.15, -0.1) is 0 Å². The van der Waals surface area contributed by atoms with Gasteiger partial charge in [0.2, 0.25) is 0 Å². The Kier molecular flexibility index (Phi) is 6.40. The molecule has 0 radical (unpaired) electrons. The molecule has 0 nitrogen and oxygen atoms in total. The average Bonchev–Trinajstić information content (AvgIpc) is 2.12. The predicted molar refractivity (Wildman–Crippen MR) is 75.5 cm³/mol. The second-order valence-electron chi connectivity index (χ2n) is 6.08. The standard InChI is InChI=1S/C16H28/c1-8-9-10-11-14(4)15(13(2)3)12-16(5,6)7/h8-11,13,15H,4,12H2,1-3,5-7H3/b9-8-,11-10-. The van der Waals surface area contributed by atoms with Crippen LogP contribution in [0.1, 0.15) is 48.0 Å². The Bertz CT molecular complexity index is 258. The molecule has 0 heteroatoms. The van der Waals surface area contributed by atoms with Gasteiger partial charge in [0.05, 0.1) is 0 Å². The zero-order chi connectivity index (χ0) is 12.8. The summed E-state index contributed by atoms with van der Waals surface area (Å²) in [6.07, 6.45) is 9.53. The molecule has 0 aliphatic carbocycles. The fourth-order valence-corrected chi connectivity index (χ4v) is 1.87. The van der Waals surface area contributed by atoms with E-state index in [-0.39, 0.29) is 0 Å². The van der Waals surface area contributed by atoms with Crippen LogP contribution >= 0.6 is 0 Å². The van der Waals surface area contributed by atoms with Crippen molar-refractivity contribution in [1.29, 1.82) is 0 Å². The van der Waals surface area contributed by atoms with Crippen LogP contribution in [-0.2, 0) is 0 Å². The highest BCUT2D eigenvalue weighted by molar-refractivity contribution is 5.22. The van der Waals surface area contributed by atoms with Crippen molar-refractivity contribution in [2.24, 2.45) is 17.3 Å². The summed E-state index contributed by atoms with van der Waals surface area (Å²) in [6, 6.07) is 0. The molecule has 1 unspecified atom stereocenters. The van der Waals surface area contributed by atoms with E-state index in [1.807, 2.05) is 13.0 Å². The minimum absolute atomic E-state index is 0.367. The maximum absolute atomic E-state index is 4.21. The Morgan fingerprint density at radius 2 is 1.75 bits per heavy atom. The van der Waals surface area contributed by atoms with Gasteiger partial charge in [-0.05, 0) is 30.6 Å². The molecule has 0 aromatic carbocycles. The smallest absolute Gasteiger partial charge is 0.0140 e. The molecule has 0 aliphatic heterocycles. The lowest BCUT2D eigenvalue weighted by Gasteiger charge is -2.29. The lowest BCUT2D eigenvalue weighted by molar-refractivity contribution is 0.276. The van der Waals surface area contributed by atoms with Gasteiger partial charge < -0.3 is 0 Å². The highest BCUT2D eigenvalue weighted by Crippen LogP contribution is 2.33. The molecule has 0 aromatic rings. The molecule has 0 fully saturated rings. The van der Waals surface area contributed by atoms with Crippen LogP contribution in [0.4, 0.5) is 0 Å². The van der Waals surface area contributed by atoms with Gasteiger partial charge in [0.25, 0.3) is 0 Å². The van der Waals surface area contributed by atoms with E-state index < -0.39 is 0 Å². The van der Waals surface area contributed by atoms with E-state index in [4.69, 9.17) is 0 Å². The van der Waals surface area contributed by atoms with Crippen LogP contribution in [0.2, 0.25) is 0 Å². The molecular weight excluding hydrogens is 192 g/mol. The van der Waals surface area contributed by atoms with Gasteiger partial charge in [0.15, 0.2) is 0 Å². The molecule has 92 valence electrons. The fraction of sp³-hybridized carbons (Fsp3) is 0.625. The van der Waals surface area contributed by atoms with Gasteiger partial charge in [-0.1, -0.05) is 71.1 Å². The average molecular weight is 220 g/mol. The molecule has 0 heterocycles. The van der Waals surface area contributed by atoms with Crippen LogP contribution in [0.25, 0.3) is 0 Å². The molecule has 0 amide bonds. The molecule has 0 saturated heterocycles. The largest absolute Gasteiger partial charge is 0.0955 e. The molecule has 0 rings (SSSR count). The van der Waals surface area contributed by atoms with Gasteiger partial charge in [-0.2, -0.15) is 0 Å². The van der Waals surface area contributed by atoms with Gasteiger partial charge >= 0.3 is 0 Å². The highest BCUT2D eigenvalue weighted by Gasteiger charge is 2.22. The van der Waals surface area contributed by atoms with Crippen molar-refractivity contribution in [3.63, 3.8) is 0 Å². The Balaban J connectivity index is 4.60. The van der Waals surface area contributed by atoms with Crippen LogP contribution in [-0.4, -0.2) is 0 Å². The minimum Gasteiger partial charge on any atom is -0.0955 e. The molecular formula is C16H28. The lowest BCUT2D eigenvalue weighted by Crippen LogP contribution is -2.18. The maximum Gasteiger partial charge on any atom is -0.0140 e. The second-order valence-corrected chi connectivity index (χ2v) is 6.08. The van der Waals surface area contributed by atoms with Gasteiger partial charge in [-0.25, -0.2) is 0 Å². The molecule has 1 atom stereocenters. The Labute approximate surface area is 102 Å². The Hall–Kier alpha value is -0.780. The normalized spacial score (nSPS) is 15.2. The fourth-order valence-electron chi connectivity index (χ4n) is 1.87. The van der Waals surface area contributed by atoms with Gasteiger partial charge in [0, 0.05) is 0 Å². The number of hydrogen-bond acceptors (Lipinski definition) is 0. The van der Waals surface area contributed by atoms with E-state index >= 15 is 0 Å². The summed E-state index contributed by atoms with van der Waals surface area (Å²) in [7, 11) is 0. The molecule has 0 aromatic heterocycles. The topological polar surface area (TPSA) is 0 Å². The highest BCUT2D eigenvalue weighted by atomic mass is 14.3. The summed E-state index contributed by atoms with van der Waals surface area (Å²) in [6.45, 7) is 17.7. The van der Waals surface area contributed by atoms with Crippen LogP contribution < -0.4 is 0 Å². The van der Waals surface area contributed by atoms with Gasteiger partial charge in [0.1, 0.15) is 0 Å². The monoisotopic (exact) mass is 220 g/mol. The number of rotatable bonds is 5. The third kappa shape index (κ3) is 6.66. The summed E-state index contributed by atoms with van der Waals surface area (Å²) in [5, 5.41) is 0. The summed E-state index contributed by atoms with van der Waals surface area (Å²) < 4.78 is 0. The Morgan fingerprint density at radius 3 is 2.12 bits per heavy atom.